The number of thioether (sulfide) groups is 1. The molecule has 6 aliphatic rings. The summed E-state index contributed by atoms with van der Waals surface area (Å²) >= 11 is 2.25. The third-order valence-electron chi connectivity index (χ3n) is 7.99. The van der Waals surface area contributed by atoms with Gasteiger partial charge >= 0.3 is 0 Å². The molecule has 0 aromatic heterocycles. The lowest BCUT2D eigenvalue weighted by molar-refractivity contribution is -0.274. The molecule has 4 atom stereocenters. The third kappa shape index (κ3) is 2.06. The molecular weight excluding hydrogens is 344 g/mol. The Hall–Kier alpha value is -0.140. The summed E-state index contributed by atoms with van der Waals surface area (Å²) in [6.07, 6.45) is 9.70. The second kappa shape index (κ2) is 6.18. The topological polar surface area (TPSA) is 31.3 Å². The van der Waals surface area contributed by atoms with Crippen LogP contribution in [0.3, 0.4) is 0 Å². The Morgan fingerprint density at radius 3 is 2.35 bits per heavy atom. The Balaban J connectivity index is 1.50. The van der Waals surface area contributed by atoms with E-state index < -0.39 is 0 Å². The highest BCUT2D eigenvalue weighted by atomic mass is 32.2. The quantitative estimate of drug-likeness (QED) is 0.735. The van der Waals surface area contributed by atoms with Crippen LogP contribution in [0.1, 0.15) is 44.9 Å². The van der Waals surface area contributed by atoms with Crippen LogP contribution in [0, 0.1) is 5.41 Å². The summed E-state index contributed by atoms with van der Waals surface area (Å²) in [7, 11) is 0. The van der Waals surface area contributed by atoms with Gasteiger partial charge in [0.1, 0.15) is 5.66 Å². The fourth-order valence-electron chi connectivity index (χ4n) is 6.71. The summed E-state index contributed by atoms with van der Waals surface area (Å²) in [6.45, 7) is 8.15. The molecular formula is C20H32N4OS. The van der Waals surface area contributed by atoms with E-state index >= 15 is 0 Å². The van der Waals surface area contributed by atoms with Crippen LogP contribution in [0.2, 0.25) is 0 Å². The summed E-state index contributed by atoms with van der Waals surface area (Å²) in [4.78, 5) is 7.75. The van der Waals surface area contributed by atoms with Crippen LogP contribution in [-0.2, 0) is 4.74 Å². The zero-order valence-corrected chi connectivity index (χ0v) is 16.7. The molecule has 0 amide bonds. The van der Waals surface area contributed by atoms with E-state index in [1.807, 2.05) is 0 Å². The molecule has 144 valence electrons. The lowest BCUT2D eigenvalue weighted by Gasteiger charge is -2.64. The van der Waals surface area contributed by atoms with E-state index in [2.05, 4.69) is 26.7 Å². The van der Waals surface area contributed by atoms with Crippen LogP contribution in [0.5, 0.6) is 0 Å². The highest BCUT2D eigenvalue weighted by Gasteiger charge is 2.74. The van der Waals surface area contributed by atoms with E-state index in [0.29, 0.717) is 6.10 Å². The molecule has 0 aromatic rings. The summed E-state index contributed by atoms with van der Waals surface area (Å²) < 4.78 is 6.38. The van der Waals surface area contributed by atoms with Crippen molar-refractivity contribution < 1.29 is 4.74 Å². The van der Waals surface area contributed by atoms with Crippen molar-refractivity contribution in [2.45, 2.75) is 62.0 Å². The lowest BCUT2D eigenvalue weighted by Crippen LogP contribution is -2.80. The smallest absolute Gasteiger partial charge is 0.126 e. The summed E-state index contributed by atoms with van der Waals surface area (Å²) in [5.41, 5.74) is 1.81. The number of hydrazine groups is 1. The highest BCUT2D eigenvalue weighted by Crippen LogP contribution is 2.62. The molecule has 5 saturated heterocycles. The van der Waals surface area contributed by atoms with Gasteiger partial charge in [-0.2, -0.15) is 11.8 Å². The van der Waals surface area contributed by atoms with Gasteiger partial charge in [-0.25, -0.2) is 10.0 Å². The molecule has 0 bridgehead atoms. The van der Waals surface area contributed by atoms with Gasteiger partial charge in [0.25, 0.3) is 0 Å². The first-order valence-corrected chi connectivity index (χ1v) is 12.0. The van der Waals surface area contributed by atoms with Crippen LogP contribution in [0.25, 0.3) is 0 Å². The fraction of sp³-hybridized carbons (Fsp3) is 0.950. The third-order valence-corrected chi connectivity index (χ3v) is 9.55. The maximum absolute atomic E-state index is 6.38. The predicted octanol–water partition coefficient (Wildman–Crippen LogP) is 2.23. The molecule has 0 radical (unpaired) electrons. The van der Waals surface area contributed by atoms with Crippen molar-refractivity contribution >= 4 is 17.5 Å². The van der Waals surface area contributed by atoms with E-state index in [9.17, 15) is 0 Å². The van der Waals surface area contributed by atoms with Gasteiger partial charge in [0, 0.05) is 56.7 Å². The van der Waals surface area contributed by atoms with Crippen molar-refractivity contribution in [1.82, 2.24) is 14.9 Å². The minimum Gasteiger partial charge on any atom is -0.375 e. The normalized spacial score (nSPS) is 47.0. The highest BCUT2D eigenvalue weighted by molar-refractivity contribution is 8.00. The number of aliphatic imine (C=N–C) groups is 1. The maximum Gasteiger partial charge on any atom is 0.126 e. The molecule has 0 aromatic carbocycles. The molecule has 6 rings (SSSR count). The van der Waals surface area contributed by atoms with E-state index in [1.165, 1.54) is 83.4 Å². The Kier molecular flexibility index (Phi) is 3.99. The van der Waals surface area contributed by atoms with Crippen LogP contribution in [0.4, 0.5) is 0 Å². The molecule has 6 heterocycles. The minimum atomic E-state index is 0.0468. The van der Waals surface area contributed by atoms with Gasteiger partial charge in [-0.1, -0.05) is 0 Å². The first-order valence-electron chi connectivity index (χ1n) is 10.9. The first-order chi connectivity index (χ1) is 12.9. The molecule has 26 heavy (non-hydrogen) atoms. The average molecular weight is 377 g/mol. The van der Waals surface area contributed by atoms with Crippen molar-refractivity contribution in [2.24, 2.45) is 10.4 Å². The van der Waals surface area contributed by atoms with Crippen molar-refractivity contribution in [3.05, 3.63) is 0 Å². The summed E-state index contributed by atoms with van der Waals surface area (Å²) in [5, 5.41) is 6.29. The molecule has 6 aliphatic heterocycles. The zero-order chi connectivity index (χ0) is 17.2. The molecule has 4 unspecified atom stereocenters. The van der Waals surface area contributed by atoms with Crippen molar-refractivity contribution in [3.8, 4) is 0 Å². The zero-order valence-electron chi connectivity index (χ0n) is 15.9. The molecule has 0 N–H and O–H groups in total. The molecule has 5 nitrogen and oxygen atoms in total. The van der Waals surface area contributed by atoms with E-state index in [-0.39, 0.29) is 11.1 Å². The average Bonchev–Trinajstić information content (AvgIpc) is 2.99. The number of hydrogen-bond acceptors (Lipinski definition) is 6. The number of rotatable bonds is 5. The molecule has 5 fully saturated rings. The largest absolute Gasteiger partial charge is 0.375 e. The Morgan fingerprint density at radius 2 is 1.81 bits per heavy atom. The van der Waals surface area contributed by atoms with Gasteiger partial charge in [-0.15, -0.1) is 0 Å². The van der Waals surface area contributed by atoms with Crippen molar-refractivity contribution in [1.29, 1.82) is 0 Å². The van der Waals surface area contributed by atoms with Gasteiger partial charge in [0.2, 0.25) is 0 Å². The minimum absolute atomic E-state index is 0.0468. The molecule has 0 aliphatic carbocycles. The molecule has 0 saturated carbocycles. The molecule has 6 heteroatoms. The summed E-state index contributed by atoms with van der Waals surface area (Å²) in [5.74, 6) is 1.34. The number of ether oxygens (including phenoxy) is 1. The van der Waals surface area contributed by atoms with Crippen LogP contribution < -0.4 is 0 Å². The fourth-order valence-corrected chi connectivity index (χ4v) is 8.37. The second-order valence-electron chi connectivity index (χ2n) is 8.98. The van der Waals surface area contributed by atoms with E-state index in [0.717, 1.165) is 18.4 Å². The van der Waals surface area contributed by atoms with Gasteiger partial charge in [0.05, 0.1) is 18.1 Å². The monoisotopic (exact) mass is 376 g/mol. The SMILES string of the molecule is C1CSC(C2(C3=NC3)CCN(N3CCCC3)C2(C2CCO2)N2CCC2)C1. The molecule has 0 spiro atoms. The Bertz CT molecular complexity index is 579. The standard InChI is InChI=1S/C20H32N4OS/c1-2-11-23(10-1)24-12-7-19(16-15-21-16,18-5-3-14-26-18)20(24,17-6-13-25-17)22-8-4-9-22/h17-18H,1-15H2. The number of nitrogens with zero attached hydrogens (tertiary/aromatic N) is 4. The van der Waals surface area contributed by atoms with Crippen LogP contribution in [0.15, 0.2) is 4.99 Å². The van der Waals surface area contributed by atoms with Gasteiger partial charge in [0.15, 0.2) is 0 Å². The maximum atomic E-state index is 6.38. The Labute approximate surface area is 161 Å². The van der Waals surface area contributed by atoms with Gasteiger partial charge < -0.3 is 4.74 Å². The van der Waals surface area contributed by atoms with E-state index in [1.54, 1.807) is 5.71 Å². The number of hydrogen-bond donors (Lipinski definition) is 0. The summed E-state index contributed by atoms with van der Waals surface area (Å²) in [6, 6.07) is 0. The first kappa shape index (κ1) is 16.8. The second-order valence-corrected chi connectivity index (χ2v) is 10.3. The van der Waals surface area contributed by atoms with Crippen LogP contribution >= 0.6 is 11.8 Å². The lowest BCUT2D eigenvalue weighted by atomic mass is 9.64. The van der Waals surface area contributed by atoms with E-state index in [4.69, 9.17) is 9.73 Å². The number of likely N-dealkylation sites (tertiary alicyclic amines) is 1. The van der Waals surface area contributed by atoms with Crippen molar-refractivity contribution in [3.63, 3.8) is 0 Å². The van der Waals surface area contributed by atoms with Crippen LogP contribution in [-0.4, -0.2) is 89.3 Å². The van der Waals surface area contributed by atoms with Gasteiger partial charge in [-0.3, -0.25) is 9.89 Å². The Morgan fingerprint density at radius 1 is 1.00 bits per heavy atom. The van der Waals surface area contributed by atoms with Crippen molar-refractivity contribution in [2.75, 3.05) is 51.6 Å². The van der Waals surface area contributed by atoms with Gasteiger partial charge in [-0.05, 0) is 44.3 Å². The predicted molar refractivity (Wildman–Crippen MR) is 106 cm³/mol.